The quantitative estimate of drug-likeness (QED) is 0.219. The lowest BCUT2D eigenvalue weighted by atomic mass is 10.00. The highest BCUT2D eigenvalue weighted by atomic mass is 16.5. The molecule has 2 unspecified atom stereocenters. The maximum Gasteiger partial charge on any atom is 0.322 e. The van der Waals surface area contributed by atoms with Crippen LogP contribution in [0.1, 0.15) is 42.7 Å². The van der Waals surface area contributed by atoms with E-state index in [1.165, 1.54) is 6.92 Å². The summed E-state index contributed by atoms with van der Waals surface area (Å²) in [5.41, 5.74) is 0.633. The Labute approximate surface area is 275 Å². The molecule has 248 valence electrons. The first-order chi connectivity index (χ1) is 23.0. The van der Waals surface area contributed by atoms with Gasteiger partial charge in [0, 0.05) is 11.8 Å². The fraction of sp³-hybridized carbons (Fsp3) is 0.314. The summed E-state index contributed by atoms with van der Waals surface area (Å²) >= 11 is 0. The van der Waals surface area contributed by atoms with Crippen LogP contribution in [0.15, 0.2) is 78.9 Å². The Morgan fingerprint density at radius 1 is 0.833 bits per heavy atom. The minimum absolute atomic E-state index is 0.189. The molecule has 13 nitrogen and oxygen atoms in total. The third-order valence-corrected chi connectivity index (χ3v) is 9.10. The van der Waals surface area contributed by atoms with E-state index in [4.69, 9.17) is 9.84 Å². The van der Waals surface area contributed by atoms with Crippen molar-refractivity contribution in [3.63, 3.8) is 0 Å². The summed E-state index contributed by atoms with van der Waals surface area (Å²) in [4.78, 5) is 77.4. The number of carbonyl (C=O) groups is 6. The summed E-state index contributed by atoms with van der Waals surface area (Å²) in [6.45, 7) is 0.0544. The van der Waals surface area contributed by atoms with Crippen molar-refractivity contribution in [3.05, 3.63) is 90.0 Å². The number of nitrogens with one attached hydrogen (secondary N) is 5. The van der Waals surface area contributed by atoms with Crippen molar-refractivity contribution in [1.82, 2.24) is 26.6 Å². The molecule has 3 aromatic rings. The van der Waals surface area contributed by atoms with E-state index in [1.807, 2.05) is 54.6 Å². The molecule has 3 aromatic carbocycles. The zero-order valence-electron chi connectivity index (χ0n) is 26.1. The van der Waals surface area contributed by atoms with Crippen LogP contribution in [0.4, 0.5) is 0 Å². The summed E-state index contributed by atoms with van der Waals surface area (Å²) in [6, 6.07) is 22.9. The van der Waals surface area contributed by atoms with Crippen LogP contribution in [0.2, 0.25) is 0 Å². The minimum Gasteiger partial charge on any atom is -0.484 e. The number of hydrogen-bond donors (Lipinski definition) is 6. The van der Waals surface area contributed by atoms with Gasteiger partial charge in [-0.15, -0.1) is 0 Å². The van der Waals surface area contributed by atoms with Crippen molar-refractivity contribution < 1.29 is 38.6 Å². The molecule has 2 heterocycles. The molecule has 5 amide bonds. The molecule has 1 spiro atoms. The van der Waals surface area contributed by atoms with E-state index in [9.17, 15) is 28.8 Å². The summed E-state index contributed by atoms with van der Waals surface area (Å²) in [7, 11) is 0. The lowest BCUT2D eigenvalue weighted by molar-refractivity contribution is -0.139. The second-order valence-electron chi connectivity index (χ2n) is 12.4. The number of amides is 5. The molecule has 0 saturated heterocycles. The van der Waals surface area contributed by atoms with Gasteiger partial charge in [-0.25, -0.2) is 0 Å². The fourth-order valence-electron chi connectivity index (χ4n) is 6.26. The molecular weight excluding hydrogens is 618 g/mol. The van der Waals surface area contributed by atoms with Crippen molar-refractivity contribution in [3.8, 4) is 16.9 Å². The second kappa shape index (κ2) is 12.8. The van der Waals surface area contributed by atoms with Crippen LogP contribution in [0.25, 0.3) is 11.1 Å². The summed E-state index contributed by atoms with van der Waals surface area (Å²) in [5, 5.41) is 22.2. The molecular formula is C35H35N5O8. The van der Waals surface area contributed by atoms with Crippen LogP contribution < -0.4 is 31.3 Å². The lowest BCUT2D eigenvalue weighted by Gasteiger charge is -2.25. The maximum absolute atomic E-state index is 13.9. The number of hydrogen-bond acceptors (Lipinski definition) is 7. The second-order valence-corrected chi connectivity index (χ2v) is 12.4. The molecule has 7 rings (SSSR count). The number of carboxylic acid groups (broad SMARTS) is 1. The summed E-state index contributed by atoms with van der Waals surface area (Å²) < 4.78 is 5.55. The zero-order valence-corrected chi connectivity index (χ0v) is 26.1. The van der Waals surface area contributed by atoms with Crippen LogP contribution in [-0.2, 0) is 28.8 Å². The first kappa shape index (κ1) is 32.2. The number of carbonyl (C=O) groups excluding carboxylic acids is 5. The minimum atomic E-state index is -1.45. The van der Waals surface area contributed by atoms with Crippen molar-refractivity contribution >= 4 is 35.5 Å². The predicted molar refractivity (Wildman–Crippen MR) is 172 cm³/mol. The van der Waals surface area contributed by atoms with Gasteiger partial charge < -0.3 is 36.4 Å². The topological polar surface area (TPSA) is 192 Å². The first-order valence-corrected chi connectivity index (χ1v) is 15.6. The van der Waals surface area contributed by atoms with Gasteiger partial charge in [0.2, 0.25) is 23.6 Å². The average molecular weight is 654 g/mol. The van der Waals surface area contributed by atoms with E-state index in [2.05, 4.69) is 26.6 Å². The summed E-state index contributed by atoms with van der Waals surface area (Å²) in [6.07, 6.45) is 0.437. The van der Waals surface area contributed by atoms with E-state index in [-0.39, 0.29) is 19.4 Å². The normalized spacial score (nSPS) is 27.0. The lowest BCUT2D eigenvalue weighted by Crippen LogP contribution is -2.59. The van der Waals surface area contributed by atoms with Gasteiger partial charge in [0.1, 0.15) is 29.4 Å². The van der Waals surface area contributed by atoms with Gasteiger partial charge in [-0.2, -0.15) is 0 Å². The Morgan fingerprint density at radius 3 is 2.17 bits per heavy atom. The van der Waals surface area contributed by atoms with E-state index < -0.39 is 77.6 Å². The third kappa shape index (κ3) is 6.57. The van der Waals surface area contributed by atoms with Crippen molar-refractivity contribution in [2.45, 2.75) is 48.7 Å². The van der Waals surface area contributed by atoms with Crippen LogP contribution in [0.3, 0.4) is 0 Å². The van der Waals surface area contributed by atoms with Gasteiger partial charge in [-0.1, -0.05) is 66.7 Å². The molecule has 2 saturated carbocycles. The van der Waals surface area contributed by atoms with Crippen molar-refractivity contribution in [2.75, 3.05) is 19.7 Å². The number of benzene rings is 3. The SMILES string of the molecule is C[C@@H]1NC(=O)C2(C[C@@H]2c2ccc(-c3ccccc3)cc2)NC(=O)CNC(=O)COc2ccc(cc2)[C@H]2CC2(C(=O)NCC(=O)O)NC1=O. The molecule has 4 aliphatic rings. The smallest absolute Gasteiger partial charge is 0.322 e. The highest BCUT2D eigenvalue weighted by Gasteiger charge is 2.63. The van der Waals surface area contributed by atoms with E-state index >= 15 is 0 Å². The average Bonchev–Trinajstić information content (AvgIpc) is 4.00. The molecule has 5 atom stereocenters. The molecule has 0 aromatic heterocycles. The number of rotatable bonds is 5. The molecule has 6 N–H and O–H groups in total. The van der Waals surface area contributed by atoms with Crippen LogP contribution in [-0.4, -0.2) is 77.4 Å². The number of carboxylic acids is 1. The molecule has 2 aliphatic heterocycles. The fourth-order valence-corrected chi connectivity index (χ4v) is 6.26. The van der Waals surface area contributed by atoms with Gasteiger partial charge in [-0.05, 0) is 54.2 Å². The number of aliphatic carboxylic acids is 1. The van der Waals surface area contributed by atoms with Crippen molar-refractivity contribution in [1.29, 1.82) is 0 Å². The predicted octanol–water partition coefficient (Wildman–Crippen LogP) is 0.953. The van der Waals surface area contributed by atoms with Gasteiger partial charge in [0.15, 0.2) is 6.61 Å². The van der Waals surface area contributed by atoms with Gasteiger partial charge in [-0.3, -0.25) is 28.8 Å². The van der Waals surface area contributed by atoms with E-state index in [1.54, 1.807) is 24.3 Å². The van der Waals surface area contributed by atoms with E-state index in [0.29, 0.717) is 11.3 Å². The molecule has 48 heavy (non-hydrogen) atoms. The molecule has 2 aliphatic carbocycles. The van der Waals surface area contributed by atoms with Gasteiger partial charge in [0.05, 0.1) is 6.54 Å². The number of ether oxygens (including phenoxy) is 1. The Bertz CT molecular complexity index is 1760. The first-order valence-electron chi connectivity index (χ1n) is 15.6. The van der Waals surface area contributed by atoms with Crippen molar-refractivity contribution in [2.24, 2.45) is 0 Å². The molecule has 13 heteroatoms. The van der Waals surface area contributed by atoms with Crippen LogP contribution in [0, 0.1) is 0 Å². The third-order valence-electron chi connectivity index (χ3n) is 9.10. The van der Waals surface area contributed by atoms with Gasteiger partial charge in [0.25, 0.3) is 5.91 Å². The molecule has 2 fully saturated rings. The largest absolute Gasteiger partial charge is 0.484 e. The van der Waals surface area contributed by atoms with E-state index in [0.717, 1.165) is 16.7 Å². The highest BCUT2D eigenvalue weighted by Crippen LogP contribution is 2.53. The van der Waals surface area contributed by atoms with Crippen LogP contribution >= 0.6 is 0 Å². The molecule has 2 bridgehead atoms. The zero-order chi connectivity index (χ0) is 34.1. The Kier molecular flexibility index (Phi) is 8.61. The Hall–Kier alpha value is -5.72. The summed E-state index contributed by atoms with van der Waals surface area (Å²) in [5.74, 6) is -4.87. The van der Waals surface area contributed by atoms with Gasteiger partial charge >= 0.3 is 5.97 Å². The molecule has 0 radical (unpaired) electrons. The Morgan fingerprint density at radius 2 is 1.48 bits per heavy atom. The standard InChI is InChI=1S/C35H35N5O8/c1-20-31(45)40-34(32(46)37-18-30(43)44)15-26(34)24-11-13-25(14-12-24)48-19-29(42)36-17-28(41)39-35(33(47)38-20)16-27(35)23-9-7-22(8-10-23)21-5-3-2-4-6-21/h2-14,20,26-27H,15-19H2,1H3,(H,36,42)(H,37,46)(H,38,47)(H,39,41)(H,40,45)(H,43,44)/t20-,26+,27+,34?,35?/m0/s1. The van der Waals surface area contributed by atoms with Crippen LogP contribution in [0.5, 0.6) is 5.75 Å². The Balaban J connectivity index is 1.26. The highest BCUT2D eigenvalue weighted by molar-refractivity contribution is 6.01. The number of fused-ring (bicyclic) bond motifs is 12. The monoisotopic (exact) mass is 653 g/mol. The maximum atomic E-state index is 13.9.